The second-order valence-electron chi connectivity index (χ2n) is 7.63. The Bertz CT molecular complexity index is 561. The Labute approximate surface area is 184 Å². The summed E-state index contributed by atoms with van der Waals surface area (Å²) in [4.78, 5) is 20.2. The maximum Gasteiger partial charge on any atom is 0.303 e. The fraction of sp³-hybridized carbons (Fsp3) is 0.556. The molecule has 0 aliphatic heterocycles. The van der Waals surface area contributed by atoms with E-state index in [1.54, 1.807) is 6.08 Å². The summed E-state index contributed by atoms with van der Waals surface area (Å²) in [7, 11) is 0. The molecule has 0 aromatic heterocycles. The fourth-order valence-corrected chi connectivity index (χ4v) is 3.06. The van der Waals surface area contributed by atoms with Crippen molar-refractivity contribution in [3.05, 3.63) is 54.1 Å². The quantitative estimate of drug-likeness (QED) is 0.121. The number of hydrogen-bond donors (Lipinski definition) is 1. The number of hydrogen-bond acceptors (Lipinski definition) is 2. The molecule has 1 N–H and O–H groups in total. The Hall–Kier alpha value is -2.16. The van der Waals surface area contributed by atoms with Crippen LogP contribution in [0.25, 0.3) is 6.08 Å². The molecular formula is C27H42O3. The second kappa shape index (κ2) is 23.1. The molecule has 0 bridgehead atoms. The molecule has 30 heavy (non-hydrogen) atoms. The average Bonchev–Trinajstić information content (AvgIpc) is 2.76. The lowest BCUT2D eigenvalue weighted by atomic mass is 10.1. The molecule has 0 aliphatic carbocycles. The molecule has 0 saturated heterocycles. The van der Waals surface area contributed by atoms with Crippen LogP contribution in [-0.2, 0) is 9.59 Å². The molecule has 0 fully saturated rings. The predicted molar refractivity (Wildman–Crippen MR) is 129 cm³/mol. The van der Waals surface area contributed by atoms with Crippen LogP contribution >= 0.6 is 0 Å². The van der Waals surface area contributed by atoms with Gasteiger partial charge in [0, 0.05) is 6.42 Å². The molecule has 0 saturated carbocycles. The summed E-state index contributed by atoms with van der Waals surface area (Å²) >= 11 is 0. The first-order valence-corrected chi connectivity index (χ1v) is 11.7. The average molecular weight is 415 g/mol. The van der Waals surface area contributed by atoms with Crippen LogP contribution in [0, 0.1) is 0 Å². The summed E-state index contributed by atoms with van der Waals surface area (Å²) in [6.45, 7) is 2.26. The third-order valence-corrected chi connectivity index (χ3v) is 4.82. The summed E-state index contributed by atoms with van der Waals surface area (Å²) in [6.07, 6.45) is 25.3. The Balaban J connectivity index is 0.000000696. The van der Waals surface area contributed by atoms with E-state index in [0.717, 1.165) is 24.7 Å². The van der Waals surface area contributed by atoms with Crippen molar-refractivity contribution in [3.63, 3.8) is 0 Å². The summed E-state index contributed by atoms with van der Waals surface area (Å²) in [5, 5.41) is 8.51. The summed E-state index contributed by atoms with van der Waals surface area (Å²) in [5.74, 6) is -0.664. The van der Waals surface area contributed by atoms with Crippen molar-refractivity contribution in [2.24, 2.45) is 0 Å². The molecule has 1 aromatic carbocycles. The van der Waals surface area contributed by atoms with E-state index in [0.29, 0.717) is 6.42 Å². The van der Waals surface area contributed by atoms with Gasteiger partial charge in [-0.05, 0) is 43.7 Å². The van der Waals surface area contributed by atoms with Crippen LogP contribution in [0.15, 0.2) is 48.6 Å². The first kappa shape index (κ1) is 27.8. The number of aldehydes is 1. The normalized spacial score (nSPS) is 10.8. The Morgan fingerprint density at radius 2 is 1.33 bits per heavy atom. The molecular weight excluding hydrogens is 372 g/mol. The van der Waals surface area contributed by atoms with Crippen molar-refractivity contribution in [2.45, 2.75) is 96.8 Å². The number of benzene rings is 1. The van der Waals surface area contributed by atoms with Crippen LogP contribution < -0.4 is 0 Å². The minimum Gasteiger partial charge on any atom is -0.481 e. The van der Waals surface area contributed by atoms with Crippen LogP contribution in [0.4, 0.5) is 0 Å². The summed E-state index contributed by atoms with van der Waals surface area (Å²) in [5.41, 5.74) is 1.05. The summed E-state index contributed by atoms with van der Waals surface area (Å²) < 4.78 is 0. The van der Waals surface area contributed by atoms with Crippen LogP contribution in [0.5, 0.6) is 0 Å². The van der Waals surface area contributed by atoms with Gasteiger partial charge in [-0.1, -0.05) is 107 Å². The summed E-state index contributed by atoms with van der Waals surface area (Å²) in [6, 6.07) is 9.70. The number of carboxylic acid groups (broad SMARTS) is 1. The van der Waals surface area contributed by atoms with Gasteiger partial charge in [0.05, 0.1) is 0 Å². The number of aliphatic carboxylic acids is 1. The van der Waals surface area contributed by atoms with Gasteiger partial charge in [-0.3, -0.25) is 9.59 Å². The van der Waals surface area contributed by atoms with Gasteiger partial charge in [0.1, 0.15) is 6.29 Å². The zero-order chi connectivity index (χ0) is 22.1. The number of unbranched alkanes of at least 4 members (excludes halogenated alkanes) is 11. The third-order valence-electron chi connectivity index (χ3n) is 4.82. The van der Waals surface area contributed by atoms with Gasteiger partial charge in [0.2, 0.25) is 0 Å². The molecule has 168 valence electrons. The molecule has 0 heterocycles. The van der Waals surface area contributed by atoms with Gasteiger partial charge in [0.15, 0.2) is 0 Å². The number of allylic oxidation sites excluding steroid dienone is 3. The highest BCUT2D eigenvalue weighted by atomic mass is 16.4. The molecule has 0 aliphatic rings. The van der Waals surface area contributed by atoms with Crippen molar-refractivity contribution in [2.75, 3.05) is 0 Å². The zero-order valence-corrected chi connectivity index (χ0v) is 18.9. The second-order valence-corrected chi connectivity index (χ2v) is 7.63. The lowest BCUT2D eigenvalue weighted by Gasteiger charge is -1.99. The van der Waals surface area contributed by atoms with E-state index in [1.807, 2.05) is 30.3 Å². The van der Waals surface area contributed by atoms with E-state index in [4.69, 9.17) is 5.11 Å². The highest BCUT2D eigenvalue weighted by Gasteiger charge is 1.95. The maximum atomic E-state index is 10.3. The lowest BCUT2D eigenvalue weighted by Crippen LogP contribution is -1.93. The van der Waals surface area contributed by atoms with Crippen LogP contribution in [-0.4, -0.2) is 17.4 Å². The molecule has 3 heteroatoms. The topological polar surface area (TPSA) is 54.4 Å². The largest absolute Gasteiger partial charge is 0.481 e. The van der Waals surface area contributed by atoms with Crippen molar-refractivity contribution < 1.29 is 14.7 Å². The standard InChI is InChI=1S/C18H34O2.C9H8O/c1-2-3-4-5-6-7-8-9-10-11-12-13-14-15-16-17-18(19)20;10-8-4-7-9-5-2-1-3-6-9/h9-10H,2-8,11-17H2,1H3,(H,19,20);1-8H/b10-9-;. The monoisotopic (exact) mass is 414 g/mol. The number of carbonyl (C=O) groups is 2. The van der Waals surface area contributed by atoms with Crippen molar-refractivity contribution >= 4 is 18.3 Å². The third kappa shape index (κ3) is 22.1. The first-order chi connectivity index (χ1) is 14.7. The van der Waals surface area contributed by atoms with Gasteiger partial charge >= 0.3 is 5.97 Å². The minimum atomic E-state index is -0.664. The molecule has 0 unspecified atom stereocenters. The molecule has 0 atom stereocenters. The van der Waals surface area contributed by atoms with Gasteiger partial charge in [-0.25, -0.2) is 0 Å². The van der Waals surface area contributed by atoms with Crippen molar-refractivity contribution in [1.29, 1.82) is 0 Å². The molecule has 0 spiro atoms. The molecule has 0 amide bonds. The van der Waals surface area contributed by atoms with E-state index in [1.165, 1.54) is 76.7 Å². The van der Waals surface area contributed by atoms with Gasteiger partial charge in [-0.2, -0.15) is 0 Å². The Morgan fingerprint density at radius 1 is 0.800 bits per heavy atom. The van der Waals surface area contributed by atoms with Gasteiger partial charge in [0.25, 0.3) is 0 Å². The zero-order valence-electron chi connectivity index (χ0n) is 18.9. The smallest absolute Gasteiger partial charge is 0.303 e. The van der Waals surface area contributed by atoms with Crippen molar-refractivity contribution in [1.82, 2.24) is 0 Å². The SMILES string of the molecule is CCCCCCCC/C=C\CCCCCCCC(=O)O.O=CC=Cc1ccccc1. The molecule has 3 nitrogen and oxygen atoms in total. The predicted octanol–water partition coefficient (Wildman–Crippen LogP) is 8.01. The molecule has 1 aromatic rings. The highest BCUT2D eigenvalue weighted by molar-refractivity contribution is 5.73. The van der Waals surface area contributed by atoms with Gasteiger partial charge < -0.3 is 5.11 Å². The van der Waals surface area contributed by atoms with E-state index >= 15 is 0 Å². The van der Waals surface area contributed by atoms with E-state index in [-0.39, 0.29) is 0 Å². The van der Waals surface area contributed by atoms with Gasteiger partial charge in [-0.15, -0.1) is 0 Å². The molecule has 0 radical (unpaired) electrons. The highest BCUT2D eigenvalue weighted by Crippen LogP contribution is 2.09. The minimum absolute atomic E-state index is 0.332. The Kier molecular flexibility index (Phi) is 21.5. The molecule has 1 rings (SSSR count). The Morgan fingerprint density at radius 3 is 1.87 bits per heavy atom. The van der Waals surface area contributed by atoms with Crippen LogP contribution in [0.2, 0.25) is 0 Å². The lowest BCUT2D eigenvalue weighted by molar-refractivity contribution is -0.137. The maximum absolute atomic E-state index is 10.3. The van der Waals surface area contributed by atoms with Crippen molar-refractivity contribution in [3.8, 4) is 0 Å². The van der Waals surface area contributed by atoms with E-state index in [9.17, 15) is 9.59 Å². The fourth-order valence-electron chi connectivity index (χ4n) is 3.06. The number of carboxylic acids is 1. The number of carbonyl (C=O) groups excluding carboxylic acids is 1. The first-order valence-electron chi connectivity index (χ1n) is 11.7. The van der Waals surface area contributed by atoms with E-state index in [2.05, 4.69) is 19.1 Å². The van der Waals surface area contributed by atoms with Crippen LogP contribution in [0.1, 0.15) is 102 Å². The number of rotatable bonds is 17. The van der Waals surface area contributed by atoms with E-state index < -0.39 is 5.97 Å². The van der Waals surface area contributed by atoms with Crippen LogP contribution in [0.3, 0.4) is 0 Å².